The number of carbonyl (C=O) groups is 1. The molecule has 0 saturated carbocycles. The third-order valence-electron chi connectivity index (χ3n) is 2.94. The maximum absolute atomic E-state index is 11.4. The van der Waals surface area contributed by atoms with Gasteiger partial charge in [-0.05, 0) is 24.3 Å². The van der Waals surface area contributed by atoms with Crippen LogP contribution in [0.5, 0.6) is 0 Å². The summed E-state index contributed by atoms with van der Waals surface area (Å²) in [5.41, 5.74) is 7.08. The van der Waals surface area contributed by atoms with E-state index in [2.05, 4.69) is 17.4 Å². The van der Waals surface area contributed by atoms with Gasteiger partial charge >= 0.3 is 0 Å². The SMILES string of the molecule is NC1CC(c2ccccc2)CCNC1=O. The quantitative estimate of drug-likeness (QED) is 0.717. The summed E-state index contributed by atoms with van der Waals surface area (Å²) in [5.74, 6) is 0.383. The summed E-state index contributed by atoms with van der Waals surface area (Å²) >= 11 is 0. The number of nitrogens with two attached hydrogens (primary N) is 1. The lowest BCUT2D eigenvalue weighted by Gasteiger charge is -2.15. The van der Waals surface area contributed by atoms with Crippen molar-refractivity contribution in [2.75, 3.05) is 6.54 Å². The molecule has 0 aromatic heterocycles. The Kier molecular flexibility index (Phi) is 3.02. The van der Waals surface area contributed by atoms with Crippen LogP contribution in [0.1, 0.15) is 24.3 Å². The predicted octanol–water partition coefficient (Wildman–Crippen LogP) is 1.01. The Morgan fingerprint density at radius 3 is 2.73 bits per heavy atom. The molecular weight excluding hydrogens is 188 g/mol. The molecule has 2 rings (SSSR count). The highest BCUT2D eigenvalue weighted by Crippen LogP contribution is 2.25. The first-order valence-electron chi connectivity index (χ1n) is 5.35. The lowest BCUT2D eigenvalue weighted by atomic mass is 9.90. The molecule has 0 spiro atoms. The molecule has 2 unspecified atom stereocenters. The summed E-state index contributed by atoms with van der Waals surface area (Å²) in [7, 11) is 0. The minimum atomic E-state index is -0.363. The lowest BCUT2D eigenvalue weighted by molar-refractivity contribution is -0.122. The second-order valence-electron chi connectivity index (χ2n) is 4.03. The molecule has 3 heteroatoms. The van der Waals surface area contributed by atoms with Crippen LogP contribution in [0.25, 0.3) is 0 Å². The molecular formula is C12H16N2O. The first-order valence-corrected chi connectivity index (χ1v) is 5.35. The highest BCUT2D eigenvalue weighted by molar-refractivity contribution is 5.81. The molecule has 0 radical (unpaired) electrons. The number of carbonyl (C=O) groups excluding carboxylic acids is 1. The fourth-order valence-corrected chi connectivity index (χ4v) is 2.06. The topological polar surface area (TPSA) is 55.1 Å². The van der Waals surface area contributed by atoms with Gasteiger partial charge in [-0.25, -0.2) is 0 Å². The van der Waals surface area contributed by atoms with Crippen LogP contribution in [0, 0.1) is 0 Å². The summed E-state index contributed by atoms with van der Waals surface area (Å²) in [4.78, 5) is 11.4. The summed E-state index contributed by atoms with van der Waals surface area (Å²) in [5, 5.41) is 2.83. The van der Waals surface area contributed by atoms with Crippen molar-refractivity contribution in [3.8, 4) is 0 Å². The van der Waals surface area contributed by atoms with Crippen LogP contribution in [0.15, 0.2) is 30.3 Å². The van der Waals surface area contributed by atoms with E-state index in [4.69, 9.17) is 5.73 Å². The van der Waals surface area contributed by atoms with Crippen LogP contribution in [-0.2, 0) is 4.79 Å². The maximum atomic E-state index is 11.4. The standard InChI is InChI=1S/C12H16N2O/c13-11-8-10(6-7-14-12(11)15)9-4-2-1-3-5-9/h1-5,10-11H,6-8,13H2,(H,14,15). The highest BCUT2D eigenvalue weighted by Gasteiger charge is 2.23. The Balaban J connectivity index is 2.13. The van der Waals surface area contributed by atoms with Gasteiger partial charge in [0.15, 0.2) is 0 Å². The van der Waals surface area contributed by atoms with Crippen molar-refractivity contribution >= 4 is 5.91 Å². The Bertz CT molecular complexity index is 337. The molecule has 15 heavy (non-hydrogen) atoms. The zero-order chi connectivity index (χ0) is 10.7. The van der Waals surface area contributed by atoms with Gasteiger partial charge in [-0.15, -0.1) is 0 Å². The molecule has 1 fully saturated rings. The smallest absolute Gasteiger partial charge is 0.236 e. The predicted molar refractivity (Wildman–Crippen MR) is 59.4 cm³/mol. The van der Waals surface area contributed by atoms with Gasteiger partial charge in [-0.1, -0.05) is 30.3 Å². The van der Waals surface area contributed by atoms with Gasteiger partial charge in [0.05, 0.1) is 6.04 Å². The highest BCUT2D eigenvalue weighted by atomic mass is 16.2. The molecule has 3 N–H and O–H groups in total. The van der Waals surface area contributed by atoms with Crippen molar-refractivity contribution in [3.63, 3.8) is 0 Å². The summed E-state index contributed by atoms with van der Waals surface area (Å²) in [6.45, 7) is 0.728. The average Bonchev–Trinajstić information content (AvgIpc) is 2.43. The van der Waals surface area contributed by atoms with Crippen molar-refractivity contribution in [3.05, 3.63) is 35.9 Å². The van der Waals surface area contributed by atoms with Gasteiger partial charge < -0.3 is 11.1 Å². The van der Waals surface area contributed by atoms with Crippen molar-refractivity contribution < 1.29 is 4.79 Å². The number of hydrogen-bond donors (Lipinski definition) is 2. The fourth-order valence-electron chi connectivity index (χ4n) is 2.06. The van der Waals surface area contributed by atoms with Gasteiger partial charge in [0.2, 0.25) is 5.91 Å². The lowest BCUT2D eigenvalue weighted by Crippen LogP contribution is -2.38. The Hall–Kier alpha value is -1.35. The van der Waals surface area contributed by atoms with E-state index in [0.717, 1.165) is 19.4 Å². The van der Waals surface area contributed by atoms with E-state index < -0.39 is 0 Å². The Labute approximate surface area is 89.7 Å². The zero-order valence-corrected chi connectivity index (χ0v) is 8.65. The van der Waals surface area contributed by atoms with E-state index in [0.29, 0.717) is 5.92 Å². The van der Waals surface area contributed by atoms with E-state index in [9.17, 15) is 4.79 Å². The molecule has 1 aliphatic heterocycles. The molecule has 1 amide bonds. The van der Waals surface area contributed by atoms with Gasteiger partial charge in [0.1, 0.15) is 0 Å². The van der Waals surface area contributed by atoms with Crippen LogP contribution in [0.3, 0.4) is 0 Å². The molecule has 80 valence electrons. The van der Waals surface area contributed by atoms with Crippen LogP contribution in [-0.4, -0.2) is 18.5 Å². The Morgan fingerprint density at radius 2 is 2.00 bits per heavy atom. The number of benzene rings is 1. The molecule has 2 atom stereocenters. The summed E-state index contributed by atoms with van der Waals surface area (Å²) in [6.07, 6.45) is 1.72. The molecule has 1 heterocycles. The van der Waals surface area contributed by atoms with Crippen molar-refractivity contribution in [1.82, 2.24) is 5.32 Å². The molecule has 1 saturated heterocycles. The van der Waals surface area contributed by atoms with Crippen molar-refractivity contribution in [2.45, 2.75) is 24.8 Å². The van der Waals surface area contributed by atoms with Crippen LogP contribution in [0.4, 0.5) is 0 Å². The van der Waals surface area contributed by atoms with Gasteiger partial charge in [0.25, 0.3) is 0 Å². The van der Waals surface area contributed by atoms with E-state index in [-0.39, 0.29) is 11.9 Å². The number of rotatable bonds is 1. The second kappa shape index (κ2) is 4.45. The van der Waals surface area contributed by atoms with Gasteiger partial charge in [-0.3, -0.25) is 4.79 Å². The van der Waals surface area contributed by atoms with Crippen LogP contribution in [0.2, 0.25) is 0 Å². The first kappa shape index (κ1) is 10.2. The third-order valence-corrected chi connectivity index (χ3v) is 2.94. The second-order valence-corrected chi connectivity index (χ2v) is 4.03. The minimum Gasteiger partial charge on any atom is -0.355 e. The maximum Gasteiger partial charge on any atom is 0.236 e. The third kappa shape index (κ3) is 2.36. The average molecular weight is 204 g/mol. The van der Waals surface area contributed by atoms with Gasteiger partial charge in [-0.2, -0.15) is 0 Å². The summed E-state index contributed by atoms with van der Waals surface area (Å²) in [6, 6.07) is 9.91. The number of nitrogens with one attached hydrogen (secondary N) is 1. The number of hydrogen-bond acceptors (Lipinski definition) is 2. The minimum absolute atomic E-state index is 0.0200. The molecule has 0 aliphatic carbocycles. The summed E-state index contributed by atoms with van der Waals surface area (Å²) < 4.78 is 0. The van der Waals surface area contributed by atoms with E-state index in [1.54, 1.807) is 0 Å². The van der Waals surface area contributed by atoms with E-state index in [1.807, 2.05) is 18.2 Å². The Morgan fingerprint density at radius 1 is 1.27 bits per heavy atom. The van der Waals surface area contributed by atoms with E-state index >= 15 is 0 Å². The first-order chi connectivity index (χ1) is 7.27. The van der Waals surface area contributed by atoms with Crippen LogP contribution < -0.4 is 11.1 Å². The molecule has 0 bridgehead atoms. The molecule has 1 aromatic carbocycles. The van der Waals surface area contributed by atoms with Crippen LogP contribution >= 0.6 is 0 Å². The number of amides is 1. The molecule has 3 nitrogen and oxygen atoms in total. The van der Waals surface area contributed by atoms with E-state index in [1.165, 1.54) is 5.56 Å². The fraction of sp³-hybridized carbons (Fsp3) is 0.417. The molecule has 1 aromatic rings. The largest absolute Gasteiger partial charge is 0.355 e. The van der Waals surface area contributed by atoms with Crippen molar-refractivity contribution in [1.29, 1.82) is 0 Å². The zero-order valence-electron chi connectivity index (χ0n) is 8.65. The molecule has 1 aliphatic rings. The van der Waals surface area contributed by atoms with Gasteiger partial charge in [0, 0.05) is 6.54 Å². The van der Waals surface area contributed by atoms with Crippen molar-refractivity contribution in [2.24, 2.45) is 5.73 Å². The monoisotopic (exact) mass is 204 g/mol. The normalized spacial score (nSPS) is 26.9.